The number of oxazole rings is 1. The van der Waals surface area contributed by atoms with Gasteiger partial charge in [-0.2, -0.15) is 4.98 Å². The van der Waals surface area contributed by atoms with Crippen LogP contribution in [0.25, 0.3) is 0 Å². The number of nitrogens with zero attached hydrogens (tertiary/aromatic N) is 2. The van der Waals surface area contributed by atoms with E-state index in [1.54, 1.807) is 6.92 Å². The Morgan fingerprint density at radius 2 is 2.28 bits per heavy atom. The van der Waals surface area contributed by atoms with Crippen LogP contribution in [0.1, 0.15) is 43.1 Å². The second kappa shape index (κ2) is 4.63. The molecule has 1 aromatic heterocycles. The lowest BCUT2D eigenvalue weighted by molar-refractivity contribution is 0.0519. The zero-order valence-electron chi connectivity index (χ0n) is 10.6. The first-order valence-corrected chi connectivity index (χ1v) is 6.67. The third-order valence-electron chi connectivity index (χ3n) is 3.36. The van der Waals surface area contributed by atoms with Crippen molar-refractivity contribution in [1.29, 1.82) is 0 Å². The number of carbonyl (C=O) groups excluding carboxylic acids is 1. The molecule has 0 spiro atoms. The Bertz CT molecular complexity index is 435. The van der Waals surface area contributed by atoms with Crippen LogP contribution >= 0.6 is 0 Å². The molecule has 18 heavy (non-hydrogen) atoms. The monoisotopic (exact) mass is 250 g/mol. The summed E-state index contributed by atoms with van der Waals surface area (Å²) >= 11 is 0. The Morgan fingerprint density at radius 1 is 1.50 bits per heavy atom. The molecule has 5 heteroatoms. The Hall–Kier alpha value is -1.52. The first-order valence-electron chi connectivity index (χ1n) is 6.67. The van der Waals surface area contributed by atoms with Gasteiger partial charge in [0.2, 0.25) is 0 Å². The summed E-state index contributed by atoms with van der Waals surface area (Å²) in [7, 11) is 0. The first kappa shape index (κ1) is 11.6. The van der Waals surface area contributed by atoms with Gasteiger partial charge in [-0.25, -0.2) is 4.79 Å². The van der Waals surface area contributed by atoms with Crippen LogP contribution in [0.2, 0.25) is 0 Å². The highest BCUT2D eigenvalue weighted by Gasteiger charge is 2.36. The van der Waals surface area contributed by atoms with Crippen molar-refractivity contribution in [3.8, 4) is 0 Å². The van der Waals surface area contributed by atoms with Gasteiger partial charge in [-0.15, -0.1) is 0 Å². The van der Waals surface area contributed by atoms with E-state index in [1.807, 2.05) is 0 Å². The molecule has 0 bridgehead atoms. The number of anilines is 1. The molecular formula is C13H18N2O3. The van der Waals surface area contributed by atoms with E-state index in [4.69, 9.17) is 9.15 Å². The summed E-state index contributed by atoms with van der Waals surface area (Å²) in [6, 6.07) is 1.13. The maximum absolute atomic E-state index is 11.5. The molecule has 2 fully saturated rings. The quantitative estimate of drug-likeness (QED) is 0.725. The van der Waals surface area contributed by atoms with Crippen molar-refractivity contribution in [3.05, 3.63) is 12.0 Å². The Labute approximate surface area is 106 Å². The molecule has 98 valence electrons. The molecule has 0 atom stereocenters. The highest BCUT2D eigenvalue weighted by atomic mass is 16.5. The van der Waals surface area contributed by atoms with Crippen molar-refractivity contribution in [3.63, 3.8) is 0 Å². The van der Waals surface area contributed by atoms with E-state index in [-0.39, 0.29) is 5.69 Å². The SMILES string of the molecule is CCOC(=O)c1coc(N(CC2CC2)C2CC2)n1. The summed E-state index contributed by atoms with van der Waals surface area (Å²) in [6.45, 7) is 3.14. The summed E-state index contributed by atoms with van der Waals surface area (Å²) in [4.78, 5) is 18.0. The minimum absolute atomic E-state index is 0.272. The van der Waals surface area contributed by atoms with Crippen molar-refractivity contribution in [2.24, 2.45) is 5.92 Å². The van der Waals surface area contributed by atoms with Crippen LogP contribution in [-0.2, 0) is 4.74 Å². The van der Waals surface area contributed by atoms with Gasteiger partial charge in [-0.3, -0.25) is 0 Å². The van der Waals surface area contributed by atoms with E-state index in [9.17, 15) is 4.79 Å². The molecule has 0 radical (unpaired) electrons. The molecule has 5 nitrogen and oxygen atoms in total. The van der Waals surface area contributed by atoms with E-state index < -0.39 is 5.97 Å². The molecule has 1 aromatic rings. The van der Waals surface area contributed by atoms with Gasteiger partial charge in [0.1, 0.15) is 6.26 Å². The molecule has 0 aliphatic heterocycles. The zero-order chi connectivity index (χ0) is 12.5. The van der Waals surface area contributed by atoms with Crippen molar-refractivity contribution >= 4 is 12.0 Å². The molecule has 2 saturated carbocycles. The number of carbonyl (C=O) groups is 1. The lowest BCUT2D eigenvalue weighted by Crippen LogP contribution is -2.28. The number of rotatable bonds is 6. The van der Waals surface area contributed by atoms with E-state index in [2.05, 4.69) is 9.88 Å². The largest absolute Gasteiger partial charge is 0.461 e. The molecule has 0 amide bonds. The van der Waals surface area contributed by atoms with Crippen molar-refractivity contribution in [2.75, 3.05) is 18.1 Å². The van der Waals surface area contributed by atoms with Crippen molar-refractivity contribution < 1.29 is 13.9 Å². The minimum Gasteiger partial charge on any atom is -0.461 e. The Balaban J connectivity index is 1.71. The second-order valence-corrected chi connectivity index (χ2v) is 5.06. The maximum atomic E-state index is 11.5. The van der Waals surface area contributed by atoms with E-state index in [1.165, 1.54) is 31.9 Å². The highest BCUT2D eigenvalue weighted by Crippen LogP contribution is 2.37. The molecule has 2 aliphatic carbocycles. The van der Waals surface area contributed by atoms with Crippen LogP contribution in [0.4, 0.5) is 6.01 Å². The van der Waals surface area contributed by atoms with Gasteiger partial charge in [0.25, 0.3) is 6.01 Å². The Morgan fingerprint density at radius 3 is 2.89 bits per heavy atom. The van der Waals surface area contributed by atoms with Crippen molar-refractivity contribution in [1.82, 2.24) is 4.98 Å². The molecule has 0 saturated heterocycles. The van der Waals surface area contributed by atoms with Gasteiger partial charge >= 0.3 is 5.97 Å². The summed E-state index contributed by atoms with van der Waals surface area (Å²) in [5.41, 5.74) is 0.272. The molecule has 0 N–H and O–H groups in total. The summed E-state index contributed by atoms with van der Waals surface area (Å²) < 4.78 is 10.3. The van der Waals surface area contributed by atoms with E-state index in [0.717, 1.165) is 12.5 Å². The predicted molar refractivity (Wildman–Crippen MR) is 65.6 cm³/mol. The lowest BCUT2D eigenvalue weighted by atomic mass is 10.4. The lowest BCUT2D eigenvalue weighted by Gasteiger charge is -2.19. The topological polar surface area (TPSA) is 55.6 Å². The van der Waals surface area contributed by atoms with Crippen molar-refractivity contribution in [2.45, 2.75) is 38.6 Å². The fourth-order valence-corrected chi connectivity index (χ4v) is 2.04. The van der Waals surface area contributed by atoms with Gasteiger partial charge in [0, 0.05) is 12.6 Å². The summed E-state index contributed by atoms with van der Waals surface area (Å²) in [6.07, 6.45) is 6.40. The highest BCUT2D eigenvalue weighted by molar-refractivity contribution is 5.87. The fourth-order valence-electron chi connectivity index (χ4n) is 2.04. The van der Waals surface area contributed by atoms with Crippen LogP contribution < -0.4 is 4.90 Å². The first-order chi connectivity index (χ1) is 8.78. The number of hydrogen-bond donors (Lipinski definition) is 0. The second-order valence-electron chi connectivity index (χ2n) is 5.06. The third-order valence-corrected chi connectivity index (χ3v) is 3.36. The van der Waals surface area contributed by atoms with Gasteiger partial charge in [0.15, 0.2) is 5.69 Å². The molecule has 2 aliphatic rings. The fraction of sp³-hybridized carbons (Fsp3) is 0.692. The Kier molecular flexibility index (Phi) is 2.97. The normalized spacial score (nSPS) is 18.7. The maximum Gasteiger partial charge on any atom is 0.360 e. The average Bonchev–Trinajstić information content (AvgIpc) is 3.26. The van der Waals surface area contributed by atoms with Gasteiger partial charge in [-0.1, -0.05) is 0 Å². The third kappa shape index (κ3) is 2.49. The van der Waals surface area contributed by atoms with Crippen LogP contribution in [0.5, 0.6) is 0 Å². The smallest absolute Gasteiger partial charge is 0.360 e. The molecule has 0 unspecified atom stereocenters. The molecule has 0 aromatic carbocycles. The minimum atomic E-state index is -0.408. The predicted octanol–water partition coefficient (Wildman–Crippen LogP) is 2.23. The summed E-state index contributed by atoms with van der Waals surface area (Å²) in [5, 5.41) is 0. The molecule has 1 heterocycles. The number of esters is 1. The van der Waals surface area contributed by atoms with Gasteiger partial charge < -0.3 is 14.1 Å². The van der Waals surface area contributed by atoms with Gasteiger partial charge in [-0.05, 0) is 38.5 Å². The van der Waals surface area contributed by atoms with E-state index in [0.29, 0.717) is 18.7 Å². The van der Waals surface area contributed by atoms with Gasteiger partial charge in [0.05, 0.1) is 6.61 Å². The van der Waals surface area contributed by atoms with Crippen LogP contribution in [0.3, 0.4) is 0 Å². The van der Waals surface area contributed by atoms with Crippen LogP contribution in [0.15, 0.2) is 10.7 Å². The standard InChI is InChI=1S/C13H18N2O3/c1-2-17-12(16)11-8-18-13(14-11)15(10-5-6-10)7-9-3-4-9/h8-10H,2-7H2,1H3. The molecular weight excluding hydrogens is 232 g/mol. The summed E-state index contributed by atoms with van der Waals surface area (Å²) in [5.74, 6) is 0.373. The number of aromatic nitrogens is 1. The average molecular weight is 250 g/mol. The number of hydrogen-bond acceptors (Lipinski definition) is 5. The van der Waals surface area contributed by atoms with Crippen LogP contribution in [-0.4, -0.2) is 30.1 Å². The van der Waals surface area contributed by atoms with E-state index >= 15 is 0 Å². The zero-order valence-corrected chi connectivity index (χ0v) is 10.6. The number of ether oxygens (including phenoxy) is 1. The van der Waals surface area contributed by atoms with Crippen LogP contribution in [0, 0.1) is 5.92 Å². The molecule has 3 rings (SSSR count).